The molecule has 0 rings (SSSR count). The van der Waals surface area contributed by atoms with Crippen molar-refractivity contribution in [3.63, 3.8) is 0 Å². The Labute approximate surface area is 208 Å². The molecule has 0 radical (unpaired) electrons. The Morgan fingerprint density at radius 1 is 1.00 bits per heavy atom. The standard InChI is InChI=1S/C27H51N3O4/c1-12-21(10)29-27(13-2,14-3)26(33)28-22(16-18(5)6)24(31)30(11)23(19(7)8)17-20(9)25(32)34-15-4/h17-19,21-23,29H,12-16H2,1-11H3,(H,28,33)/t21?,22-,23+/m0/s1. The van der Waals surface area contributed by atoms with Gasteiger partial charge >= 0.3 is 5.97 Å². The van der Waals surface area contributed by atoms with Crippen LogP contribution in [0, 0.1) is 11.8 Å². The molecule has 0 saturated heterocycles. The minimum absolute atomic E-state index is 0.0752. The van der Waals surface area contributed by atoms with E-state index in [-0.39, 0.29) is 41.7 Å². The van der Waals surface area contributed by atoms with Crippen molar-refractivity contribution >= 4 is 17.8 Å². The molecule has 0 heterocycles. The molecule has 1 unspecified atom stereocenters. The molecule has 198 valence electrons. The molecular formula is C27H51N3O4. The molecule has 0 aromatic carbocycles. The van der Waals surface area contributed by atoms with Crippen LogP contribution in [0.15, 0.2) is 11.6 Å². The maximum Gasteiger partial charge on any atom is 0.333 e. The SMILES string of the molecule is CCOC(=O)C(C)=C[C@H](C(C)C)N(C)C(=O)[C@H](CC(C)C)NC(=O)C(CC)(CC)NC(C)CC. The van der Waals surface area contributed by atoms with Crippen LogP contribution in [0.25, 0.3) is 0 Å². The molecule has 0 fully saturated rings. The summed E-state index contributed by atoms with van der Waals surface area (Å²) in [5, 5.41) is 6.59. The number of amides is 2. The largest absolute Gasteiger partial charge is 0.463 e. The van der Waals surface area contributed by atoms with Gasteiger partial charge in [0.05, 0.1) is 18.2 Å². The number of ether oxygens (including phenoxy) is 1. The average molecular weight is 482 g/mol. The van der Waals surface area contributed by atoms with E-state index in [1.54, 1.807) is 31.9 Å². The highest BCUT2D eigenvalue weighted by Crippen LogP contribution is 2.21. The fourth-order valence-corrected chi connectivity index (χ4v) is 4.12. The number of hydrogen-bond donors (Lipinski definition) is 2. The lowest BCUT2D eigenvalue weighted by molar-refractivity contribution is -0.140. The first-order valence-electron chi connectivity index (χ1n) is 13.0. The number of nitrogens with one attached hydrogen (secondary N) is 2. The Morgan fingerprint density at radius 3 is 1.97 bits per heavy atom. The molecule has 0 aromatic rings. The van der Waals surface area contributed by atoms with E-state index in [9.17, 15) is 14.4 Å². The molecule has 0 aliphatic rings. The Balaban J connectivity index is 5.97. The second-order valence-corrected chi connectivity index (χ2v) is 10.2. The predicted octanol–water partition coefficient (Wildman–Crippen LogP) is 4.46. The second kappa shape index (κ2) is 15.2. The normalized spacial score (nSPS) is 15.1. The van der Waals surface area contributed by atoms with E-state index in [1.807, 2.05) is 41.5 Å². The Morgan fingerprint density at radius 2 is 1.56 bits per heavy atom. The third kappa shape index (κ3) is 9.40. The van der Waals surface area contributed by atoms with Crippen LogP contribution in [-0.2, 0) is 19.1 Å². The number of rotatable bonds is 15. The topological polar surface area (TPSA) is 87.7 Å². The lowest BCUT2D eigenvalue weighted by Crippen LogP contribution is -2.62. The maximum absolute atomic E-state index is 13.7. The molecule has 7 nitrogen and oxygen atoms in total. The Bertz CT molecular complexity index is 683. The van der Waals surface area contributed by atoms with Crippen molar-refractivity contribution in [2.75, 3.05) is 13.7 Å². The Kier molecular flexibility index (Phi) is 14.3. The maximum atomic E-state index is 13.7. The summed E-state index contributed by atoms with van der Waals surface area (Å²) in [7, 11) is 1.74. The van der Waals surface area contributed by atoms with Gasteiger partial charge < -0.3 is 20.3 Å². The van der Waals surface area contributed by atoms with Gasteiger partial charge in [-0.15, -0.1) is 0 Å². The van der Waals surface area contributed by atoms with Gasteiger partial charge in [-0.3, -0.25) is 9.59 Å². The third-order valence-corrected chi connectivity index (χ3v) is 6.58. The summed E-state index contributed by atoms with van der Waals surface area (Å²) in [5.74, 6) is -0.376. The molecular weight excluding hydrogens is 430 g/mol. The van der Waals surface area contributed by atoms with Crippen molar-refractivity contribution in [3.8, 4) is 0 Å². The van der Waals surface area contributed by atoms with Crippen LogP contribution in [0.1, 0.15) is 94.9 Å². The highest BCUT2D eigenvalue weighted by Gasteiger charge is 2.39. The van der Waals surface area contributed by atoms with E-state index in [4.69, 9.17) is 4.74 Å². The highest BCUT2D eigenvalue weighted by molar-refractivity contribution is 5.92. The summed E-state index contributed by atoms with van der Waals surface area (Å²) in [4.78, 5) is 41.0. The van der Waals surface area contributed by atoms with E-state index < -0.39 is 11.6 Å². The zero-order valence-corrected chi connectivity index (χ0v) is 23.6. The summed E-state index contributed by atoms with van der Waals surface area (Å²) in [5.41, 5.74) is -0.250. The van der Waals surface area contributed by atoms with Crippen molar-refractivity contribution in [2.24, 2.45) is 11.8 Å². The van der Waals surface area contributed by atoms with Gasteiger partial charge in [-0.25, -0.2) is 4.79 Å². The number of likely N-dealkylation sites (N-methyl/N-ethyl adjacent to an activating group) is 1. The van der Waals surface area contributed by atoms with Crippen LogP contribution in [0.4, 0.5) is 0 Å². The molecule has 2 N–H and O–H groups in total. The molecule has 3 atom stereocenters. The summed E-state index contributed by atoms with van der Waals surface area (Å²) >= 11 is 0. The molecule has 0 aliphatic heterocycles. The molecule has 0 spiro atoms. The zero-order chi connectivity index (χ0) is 26.6. The van der Waals surface area contributed by atoms with Crippen LogP contribution in [0.3, 0.4) is 0 Å². The van der Waals surface area contributed by atoms with Crippen molar-refractivity contribution in [3.05, 3.63) is 11.6 Å². The van der Waals surface area contributed by atoms with Crippen LogP contribution < -0.4 is 10.6 Å². The van der Waals surface area contributed by atoms with Gasteiger partial charge in [0.1, 0.15) is 6.04 Å². The molecule has 0 saturated carbocycles. The number of nitrogens with zero attached hydrogens (tertiary/aromatic N) is 1. The van der Waals surface area contributed by atoms with E-state index in [0.29, 0.717) is 31.4 Å². The van der Waals surface area contributed by atoms with Gasteiger partial charge in [-0.1, -0.05) is 54.5 Å². The fourth-order valence-electron chi connectivity index (χ4n) is 4.12. The van der Waals surface area contributed by atoms with Crippen molar-refractivity contribution in [2.45, 2.75) is 119 Å². The highest BCUT2D eigenvalue weighted by atomic mass is 16.5. The van der Waals surface area contributed by atoms with E-state index >= 15 is 0 Å². The number of hydrogen-bond acceptors (Lipinski definition) is 5. The molecule has 34 heavy (non-hydrogen) atoms. The zero-order valence-electron chi connectivity index (χ0n) is 23.6. The lowest BCUT2D eigenvalue weighted by atomic mass is 9.89. The quantitative estimate of drug-likeness (QED) is 0.266. The van der Waals surface area contributed by atoms with E-state index in [0.717, 1.165) is 6.42 Å². The van der Waals surface area contributed by atoms with Crippen LogP contribution in [-0.4, -0.2) is 60.0 Å². The van der Waals surface area contributed by atoms with Crippen LogP contribution >= 0.6 is 0 Å². The molecule has 0 aromatic heterocycles. The van der Waals surface area contributed by atoms with Gasteiger partial charge in [-0.05, 0) is 58.3 Å². The van der Waals surface area contributed by atoms with Gasteiger partial charge in [-0.2, -0.15) is 0 Å². The first kappa shape index (κ1) is 32.1. The van der Waals surface area contributed by atoms with Crippen molar-refractivity contribution < 1.29 is 19.1 Å². The molecule has 0 aliphatic carbocycles. The predicted molar refractivity (Wildman–Crippen MR) is 139 cm³/mol. The van der Waals surface area contributed by atoms with Crippen molar-refractivity contribution in [1.29, 1.82) is 0 Å². The first-order valence-corrected chi connectivity index (χ1v) is 13.0. The molecule has 0 bridgehead atoms. The monoisotopic (exact) mass is 481 g/mol. The lowest BCUT2D eigenvalue weighted by Gasteiger charge is -2.37. The third-order valence-electron chi connectivity index (χ3n) is 6.58. The molecule has 2 amide bonds. The van der Waals surface area contributed by atoms with Gasteiger partial charge in [0, 0.05) is 18.7 Å². The van der Waals surface area contributed by atoms with Crippen LogP contribution in [0.2, 0.25) is 0 Å². The molecule has 7 heteroatoms. The smallest absolute Gasteiger partial charge is 0.333 e. The first-order chi connectivity index (χ1) is 15.8. The summed E-state index contributed by atoms with van der Waals surface area (Å²) in [6, 6.07) is -0.760. The average Bonchev–Trinajstić information content (AvgIpc) is 2.78. The minimum atomic E-state index is -0.721. The minimum Gasteiger partial charge on any atom is -0.463 e. The van der Waals surface area contributed by atoms with Gasteiger partial charge in [0.15, 0.2) is 0 Å². The summed E-state index contributed by atoms with van der Waals surface area (Å²) in [6.45, 7) is 20.0. The van der Waals surface area contributed by atoms with Gasteiger partial charge in [0.25, 0.3) is 0 Å². The second-order valence-electron chi connectivity index (χ2n) is 10.2. The van der Waals surface area contributed by atoms with Crippen LogP contribution in [0.5, 0.6) is 0 Å². The Hall–Kier alpha value is -1.89. The number of carbonyl (C=O) groups is 3. The van der Waals surface area contributed by atoms with E-state index in [2.05, 4.69) is 24.5 Å². The fraction of sp³-hybridized carbons (Fsp3) is 0.815. The van der Waals surface area contributed by atoms with Crippen molar-refractivity contribution in [1.82, 2.24) is 15.5 Å². The summed E-state index contributed by atoms with van der Waals surface area (Å²) in [6.07, 6.45) is 4.51. The number of esters is 1. The van der Waals surface area contributed by atoms with E-state index in [1.165, 1.54) is 0 Å². The van der Waals surface area contributed by atoms with Gasteiger partial charge in [0.2, 0.25) is 11.8 Å². The summed E-state index contributed by atoms with van der Waals surface area (Å²) < 4.78 is 5.11. The number of carbonyl (C=O) groups excluding carboxylic acids is 3.